The van der Waals surface area contributed by atoms with Crippen LogP contribution in [0.3, 0.4) is 0 Å². The van der Waals surface area contributed by atoms with Crippen molar-refractivity contribution in [2.75, 3.05) is 0 Å². The molecule has 1 aliphatic carbocycles. The maximum atomic E-state index is 6.43. The first kappa shape index (κ1) is 12.4. The lowest BCUT2D eigenvalue weighted by Crippen LogP contribution is -2.34. The van der Waals surface area contributed by atoms with Crippen molar-refractivity contribution in [2.24, 2.45) is 5.73 Å². The minimum Gasteiger partial charge on any atom is -0.340 e. The van der Waals surface area contributed by atoms with Crippen molar-refractivity contribution in [3.63, 3.8) is 0 Å². The summed E-state index contributed by atoms with van der Waals surface area (Å²) in [5.74, 6) is 0.943. The standard InChI is InChI=1S/C16H21N3/c1-11-5-6-13(9-12(11)2)14-10-18-15(19-14)16(17)7-3-4-8-16/h5-6,9-10H,3-4,7-8,17H2,1-2H3,(H,18,19). The highest BCUT2D eigenvalue weighted by Crippen LogP contribution is 2.35. The number of aromatic amines is 1. The van der Waals surface area contributed by atoms with Gasteiger partial charge in [-0.1, -0.05) is 25.0 Å². The Bertz CT molecular complexity index is 592. The Morgan fingerprint density at radius 3 is 2.58 bits per heavy atom. The Morgan fingerprint density at radius 1 is 1.16 bits per heavy atom. The predicted molar refractivity (Wildman–Crippen MR) is 77.8 cm³/mol. The van der Waals surface area contributed by atoms with Crippen molar-refractivity contribution in [1.82, 2.24) is 9.97 Å². The van der Waals surface area contributed by atoms with Crippen LogP contribution in [0.25, 0.3) is 11.3 Å². The minimum atomic E-state index is -0.238. The van der Waals surface area contributed by atoms with Crippen molar-refractivity contribution >= 4 is 0 Å². The summed E-state index contributed by atoms with van der Waals surface area (Å²) in [6, 6.07) is 6.49. The molecule has 0 bridgehead atoms. The topological polar surface area (TPSA) is 54.7 Å². The molecule has 3 rings (SSSR count). The van der Waals surface area contributed by atoms with E-state index in [1.54, 1.807) is 0 Å². The smallest absolute Gasteiger partial charge is 0.126 e. The molecule has 0 amide bonds. The highest BCUT2D eigenvalue weighted by molar-refractivity contribution is 5.60. The average Bonchev–Trinajstić information content (AvgIpc) is 3.02. The van der Waals surface area contributed by atoms with Crippen LogP contribution in [0, 0.1) is 13.8 Å². The maximum Gasteiger partial charge on any atom is 0.126 e. The van der Waals surface area contributed by atoms with Gasteiger partial charge < -0.3 is 10.7 Å². The largest absolute Gasteiger partial charge is 0.340 e. The molecule has 19 heavy (non-hydrogen) atoms. The summed E-state index contributed by atoms with van der Waals surface area (Å²) >= 11 is 0. The van der Waals surface area contributed by atoms with Gasteiger partial charge in [-0.3, -0.25) is 0 Å². The van der Waals surface area contributed by atoms with Gasteiger partial charge in [0.25, 0.3) is 0 Å². The van der Waals surface area contributed by atoms with Crippen LogP contribution in [0.15, 0.2) is 24.4 Å². The van der Waals surface area contributed by atoms with Gasteiger partial charge >= 0.3 is 0 Å². The summed E-state index contributed by atoms with van der Waals surface area (Å²) in [5, 5.41) is 0. The molecular weight excluding hydrogens is 234 g/mol. The van der Waals surface area contributed by atoms with E-state index in [1.165, 1.54) is 29.5 Å². The van der Waals surface area contributed by atoms with Gasteiger partial charge in [-0.05, 0) is 49.4 Å². The van der Waals surface area contributed by atoms with Crippen molar-refractivity contribution in [3.8, 4) is 11.3 Å². The molecule has 2 aromatic rings. The monoisotopic (exact) mass is 255 g/mol. The first-order valence-electron chi connectivity index (χ1n) is 7.00. The van der Waals surface area contributed by atoms with Crippen molar-refractivity contribution in [2.45, 2.75) is 45.1 Å². The second-order valence-corrected chi connectivity index (χ2v) is 5.81. The Kier molecular flexibility index (Phi) is 2.94. The molecule has 0 aliphatic heterocycles. The highest BCUT2D eigenvalue weighted by Gasteiger charge is 2.33. The minimum absolute atomic E-state index is 0.238. The summed E-state index contributed by atoms with van der Waals surface area (Å²) in [5.41, 5.74) is 11.1. The van der Waals surface area contributed by atoms with E-state index in [-0.39, 0.29) is 5.54 Å². The molecule has 1 heterocycles. The molecule has 1 aliphatic rings. The number of nitrogens with two attached hydrogens (primary N) is 1. The summed E-state index contributed by atoms with van der Waals surface area (Å²) in [6.45, 7) is 4.27. The number of rotatable bonds is 2. The summed E-state index contributed by atoms with van der Waals surface area (Å²) in [6.07, 6.45) is 6.39. The number of H-pyrrole nitrogens is 1. The van der Waals surface area contributed by atoms with E-state index in [4.69, 9.17) is 5.73 Å². The maximum absolute atomic E-state index is 6.43. The summed E-state index contributed by atoms with van der Waals surface area (Å²) in [4.78, 5) is 7.94. The summed E-state index contributed by atoms with van der Waals surface area (Å²) < 4.78 is 0. The quantitative estimate of drug-likeness (QED) is 0.864. The molecule has 1 aromatic carbocycles. The van der Waals surface area contributed by atoms with Gasteiger partial charge in [0, 0.05) is 0 Å². The molecule has 3 nitrogen and oxygen atoms in total. The van der Waals surface area contributed by atoms with Gasteiger partial charge in [-0.15, -0.1) is 0 Å². The highest BCUT2D eigenvalue weighted by atomic mass is 15.0. The fourth-order valence-electron chi connectivity index (χ4n) is 2.87. The van der Waals surface area contributed by atoms with Gasteiger partial charge in [0.15, 0.2) is 0 Å². The third kappa shape index (κ3) is 2.19. The van der Waals surface area contributed by atoms with Crippen molar-refractivity contribution in [3.05, 3.63) is 41.3 Å². The van der Waals surface area contributed by atoms with Crippen LogP contribution in [0.4, 0.5) is 0 Å². The fourth-order valence-corrected chi connectivity index (χ4v) is 2.87. The van der Waals surface area contributed by atoms with Crippen LogP contribution in [-0.2, 0) is 5.54 Å². The average molecular weight is 255 g/mol. The van der Waals surface area contributed by atoms with Crippen LogP contribution in [0.5, 0.6) is 0 Å². The van der Waals surface area contributed by atoms with E-state index < -0.39 is 0 Å². The lowest BCUT2D eigenvalue weighted by Gasteiger charge is -2.20. The number of nitrogens with one attached hydrogen (secondary N) is 1. The molecule has 0 radical (unpaired) electrons. The zero-order valence-corrected chi connectivity index (χ0v) is 11.7. The molecule has 3 heteroatoms. The Labute approximate surface area is 114 Å². The van der Waals surface area contributed by atoms with Crippen LogP contribution >= 0.6 is 0 Å². The molecule has 1 saturated carbocycles. The van der Waals surface area contributed by atoms with Crippen LogP contribution in [-0.4, -0.2) is 9.97 Å². The third-order valence-corrected chi connectivity index (χ3v) is 4.36. The van der Waals surface area contributed by atoms with Gasteiger partial charge in [0.2, 0.25) is 0 Å². The van der Waals surface area contributed by atoms with E-state index in [9.17, 15) is 0 Å². The van der Waals surface area contributed by atoms with Crippen molar-refractivity contribution < 1.29 is 0 Å². The molecule has 1 fully saturated rings. The van der Waals surface area contributed by atoms with Crippen molar-refractivity contribution in [1.29, 1.82) is 0 Å². The SMILES string of the molecule is Cc1ccc(-c2cnc(C3(N)CCCC3)[nH]2)cc1C. The number of aryl methyl sites for hydroxylation is 2. The number of nitrogens with zero attached hydrogens (tertiary/aromatic N) is 1. The van der Waals surface area contributed by atoms with Crippen LogP contribution in [0.2, 0.25) is 0 Å². The van der Waals surface area contributed by atoms with E-state index >= 15 is 0 Å². The molecule has 0 saturated heterocycles. The van der Waals surface area contributed by atoms with Gasteiger partial charge in [-0.2, -0.15) is 0 Å². The number of aromatic nitrogens is 2. The second kappa shape index (κ2) is 4.49. The number of benzene rings is 1. The first-order valence-corrected chi connectivity index (χ1v) is 7.00. The lowest BCUT2D eigenvalue weighted by molar-refractivity contribution is 0.436. The number of imidazole rings is 1. The Hall–Kier alpha value is -1.61. The fraction of sp³-hybridized carbons (Fsp3) is 0.438. The summed E-state index contributed by atoms with van der Waals surface area (Å²) in [7, 11) is 0. The molecule has 100 valence electrons. The van der Waals surface area contributed by atoms with Gasteiger partial charge in [-0.25, -0.2) is 4.98 Å². The van der Waals surface area contributed by atoms with Gasteiger partial charge in [0.1, 0.15) is 5.82 Å². The molecule has 3 N–H and O–H groups in total. The Balaban J connectivity index is 1.94. The molecule has 0 unspecified atom stereocenters. The zero-order valence-electron chi connectivity index (χ0n) is 11.7. The zero-order chi connectivity index (χ0) is 13.5. The normalized spacial score (nSPS) is 17.8. The predicted octanol–water partition coefficient (Wildman–Crippen LogP) is 3.42. The number of hydrogen-bond donors (Lipinski definition) is 2. The lowest BCUT2D eigenvalue weighted by atomic mass is 9.98. The van der Waals surface area contributed by atoms with E-state index in [1.807, 2.05) is 6.20 Å². The number of hydrogen-bond acceptors (Lipinski definition) is 2. The first-order chi connectivity index (χ1) is 9.08. The van der Waals surface area contributed by atoms with Crippen LogP contribution < -0.4 is 5.73 Å². The van der Waals surface area contributed by atoms with E-state index in [2.05, 4.69) is 42.0 Å². The second-order valence-electron chi connectivity index (χ2n) is 5.81. The molecule has 1 aromatic heterocycles. The van der Waals surface area contributed by atoms with Gasteiger partial charge in [0.05, 0.1) is 17.4 Å². The molecular formula is C16H21N3. The van der Waals surface area contributed by atoms with Crippen LogP contribution in [0.1, 0.15) is 42.6 Å². The Morgan fingerprint density at radius 2 is 1.89 bits per heavy atom. The third-order valence-electron chi connectivity index (χ3n) is 4.36. The van der Waals surface area contributed by atoms with E-state index in [0.717, 1.165) is 24.4 Å². The molecule has 0 atom stereocenters. The van der Waals surface area contributed by atoms with E-state index in [0.29, 0.717) is 0 Å². The molecule has 0 spiro atoms.